The second kappa shape index (κ2) is 6.28. The van der Waals surface area contributed by atoms with Crippen LogP contribution in [0.1, 0.15) is 69.4 Å². The Bertz CT molecular complexity index is 675. The van der Waals surface area contributed by atoms with Crippen molar-refractivity contribution >= 4 is 5.91 Å². The third kappa shape index (κ3) is 3.04. The van der Waals surface area contributed by atoms with Crippen LogP contribution in [-0.2, 0) is 17.6 Å². The number of amides is 1. The van der Waals surface area contributed by atoms with Gasteiger partial charge in [-0.3, -0.25) is 4.79 Å². The van der Waals surface area contributed by atoms with Crippen molar-refractivity contribution in [3.63, 3.8) is 0 Å². The Morgan fingerprint density at radius 3 is 2.31 bits per heavy atom. The molecule has 0 radical (unpaired) electrons. The van der Waals surface area contributed by atoms with E-state index in [-0.39, 0.29) is 11.4 Å². The fourth-order valence-corrected chi connectivity index (χ4v) is 6.67. The van der Waals surface area contributed by atoms with Crippen molar-refractivity contribution in [2.45, 2.75) is 82.8 Å². The number of aryl methyl sites for hydroxylation is 2. The van der Waals surface area contributed by atoms with Gasteiger partial charge < -0.3 is 10.1 Å². The highest BCUT2D eigenvalue weighted by atomic mass is 16.5. The van der Waals surface area contributed by atoms with Gasteiger partial charge in [0.2, 0.25) is 0 Å². The lowest BCUT2D eigenvalue weighted by molar-refractivity contribution is -0.133. The average Bonchev–Trinajstić information content (AvgIpc) is 2.60. The van der Waals surface area contributed by atoms with E-state index in [4.69, 9.17) is 4.74 Å². The van der Waals surface area contributed by atoms with Crippen LogP contribution in [0.5, 0.6) is 5.75 Å². The first kappa shape index (κ1) is 16.6. The molecule has 5 aliphatic carbocycles. The Labute approximate surface area is 156 Å². The molecule has 0 aromatic heterocycles. The second-order valence-corrected chi connectivity index (χ2v) is 9.58. The molecule has 4 saturated carbocycles. The Morgan fingerprint density at radius 2 is 1.65 bits per heavy atom. The quantitative estimate of drug-likeness (QED) is 0.870. The molecule has 1 atom stereocenters. The number of hydrogen-bond donors (Lipinski definition) is 1. The SMILES string of the molecule is C[C@H](Oc1ccc2c(c1)CCCC2)C(=O)NC12CC3CC(CC(C3)C1)C2. The van der Waals surface area contributed by atoms with Gasteiger partial charge in [-0.1, -0.05) is 6.07 Å². The Hall–Kier alpha value is -1.51. The predicted molar refractivity (Wildman–Crippen MR) is 102 cm³/mol. The zero-order chi connectivity index (χ0) is 17.7. The lowest BCUT2D eigenvalue weighted by atomic mass is 9.53. The molecule has 4 fully saturated rings. The van der Waals surface area contributed by atoms with Gasteiger partial charge in [0.1, 0.15) is 5.75 Å². The van der Waals surface area contributed by atoms with Gasteiger partial charge >= 0.3 is 0 Å². The van der Waals surface area contributed by atoms with Crippen molar-refractivity contribution in [2.75, 3.05) is 0 Å². The van der Waals surface area contributed by atoms with Crippen LogP contribution in [0.3, 0.4) is 0 Å². The van der Waals surface area contributed by atoms with E-state index in [0.29, 0.717) is 0 Å². The van der Waals surface area contributed by atoms with Gasteiger partial charge in [0.15, 0.2) is 6.10 Å². The molecule has 6 rings (SSSR count). The van der Waals surface area contributed by atoms with Crippen molar-refractivity contribution in [3.05, 3.63) is 29.3 Å². The fraction of sp³-hybridized carbons (Fsp3) is 0.696. The lowest BCUT2D eigenvalue weighted by Crippen LogP contribution is -2.61. The highest BCUT2D eigenvalue weighted by Crippen LogP contribution is 2.55. The lowest BCUT2D eigenvalue weighted by Gasteiger charge is -2.57. The number of carbonyl (C=O) groups is 1. The molecule has 1 N–H and O–H groups in total. The van der Waals surface area contributed by atoms with Gasteiger partial charge in [-0.15, -0.1) is 0 Å². The maximum Gasteiger partial charge on any atom is 0.261 e. The van der Waals surface area contributed by atoms with Crippen LogP contribution in [0.2, 0.25) is 0 Å². The molecule has 26 heavy (non-hydrogen) atoms. The molecule has 0 saturated heterocycles. The van der Waals surface area contributed by atoms with E-state index < -0.39 is 6.10 Å². The maximum absolute atomic E-state index is 12.9. The molecule has 0 aliphatic heterocycles. The number of rotatable bonds is 4. The normalized spacial score (nSPS) is 35.7. The van der Waals surface area contributed by atoms with Crippen LogP contribution < -0.4 is 10.1 Å². The van der Waals surface area contributed by atoms with Crippen molar-refractivity contribution < 1.29 is 9.53 Å². The summed E-state index contributed by atoms with van der Waals surface area (Å²) in [6, 6.07) is 6.38. The van der Waals surface area contributed by atoms with E-state index in [1.54, 1.807) is 0 Å². The zero-order valence-corrected chi connectivity index (χ0v) is 15.9. The van der Waals surface area contributed by atoms with Gasteiger partial charge in [0.05, 0.1) is 0 Å². The summed E-state index contributed by atoms with van der Waals surface area (Å²) in [5, 5.41) is 3.44. The topological polar surface area (TPSA) is 38.3 Å². The highest BCUT2D eigenvalue weighted by molar-refractivity contribution is 5.81. The van der Waals surface area contributed by atoms with Crippen LogP contribution in [0.4, 0.5) is 0 Å². The number of benzene rings is 1. The van der Waals surface area contributed by atoms with Crippen LogP contribution in [0.25, 0.3) is 0 Å². The summed E-state index contributed by atoms with van der Waals surface area (Å²) >= 11 is 0. The van der Waals surface area contributed by atoms with Gasteiger partial charge in [-0.25, -0.2) is 0 Å². The number of hydrogen-bond acceptors (Lipinski definition) is 2. The second-order valence-electron chi connectivity index (χ2n) is 9.58. The van der Waals surface area contributed by atoms with Gasteiger partial charge in [0, 0.05) is 5.54 Å². The highest BCUT2D eigenvalue weighted by Gasteiger charge is 2.51. The summed E-state index contributed by atoms with van der Waals surface area (Å²) in [5.74, 6) is 3.46. The van der Waals surface area contributed by atoms with Crippen molar-refractivity contribution in [3.8, 4) is 5.75 Å². The van der Waals surface area contributed by atoms with Gasteiger partial charge in [0.25, 0.3) is 5.91 Å². The van der Waals surface area contributed by atoms with Crippen LogP contribution in [0, 0.1) is 17.8 Å². The first-order valence-corrected chi connectivity index (χ1v) is 10.7. The van der Waals surface area contributed by atoms with Crippen molar-refractivity contribution in [1.82, 2.24) is 5.32 Å². The third-order valence-electron chi connectivity index (χ3n) is 7.43. The molecule has 1 amide bonds. The number of carbonyl (C=O) groups excluding carboxylic acids is 1. The molecule has 4 bridgehead atoms. The molecule has 3 heteroatoms. The van der Waals surface area contributed by atoms with E-state index in [9.17, 15) is 4.79 Å². The number of nitrogens with one attached hydrogen (secondary N) is 1. The van der Waals surface area contributed by atoms with Crippen LogP contribution in [0.15, 0.2) is 18.2 Å². The predicted octanol–water partition coefficient (Wildman–Crippen LogP) is 4.42. The Kier molecular flexibility index (Phi) is 4.02. The van der Waals surface area contributed by atoms with E-state index in [0.717, 1.165) is 29.9 Å². The molecule has 3 nitrogen and oxygen atoms in total. The zero-order valence-electron chi connectivity index (χ0n) is 15.9. The van der Waals surface area contributed by atoms with E-state index >= 15 is 0 Å². The molecule has 0 unspecified atom stereocenters. The third-order valence-corrected chi connectivity index (χ3v) is 7.43. The minimum absolute atomic E-state index is 0.0688. The van der Waals surface area contributed by atoms with Gasteiger partial charge in [-0.2, -0.15) is 0 Å². The number of ether oxygens (including phenoxy) is 1. The Morgan fingerprint density at radius 1 is 1.04 bits per heavy atom. The molecule has 0 spiro atoms. The van der Waals surface area contributed by atoms with E-state index in [1.807, 2.05) is 13.0 Å². The average molecular weight is 354 g/mol. The van der Waals surface area contributed by atoms with Crippen LogP contribution >= 0.6 is 0 Å². The van der Waals surface area contributed by atoms with E-state index in [1.165, 1.54) is 68.9 Å². The molecule has 1 aromatic carbocycles. The molecular formula is C23H31NO2. The summed E-state index contributed by atoms with van der Waals surface area (Å²) in [5.41, 5.74) is 2.93. The summed E-state index contributed by atoms with van der Waals surface area (Å²) in [4.78, 5) is 12.9. The largest absolute Gasteiger partial charge is 0.481 e. The van der Waals surface area contributed by atoms with E-state index in [2.05, 4.69) is 17.4 Å². The summed E-state index contributed by atoms with van der Waals surface area (Å²) in [6.07, 6.45) is 12.2. The maximum atomic E-state index is 12.9. The van der Waals surface area contributed by atoms with Crippen molar-refractivity contribution in [2.24, 2.45) is 17.8 Å². The first-order valence-electron chi connectivity index (χ1n) is 10.7. The molecule has 0 heterocycles. The van der Waals surface area contributed by atoms with Crippen LogP contribution in [-0.4, -0.2) is 17.6 Å². The fourth-order valence-electron chi connectivity index (χ4n) is 6.67. The number of fused-ring (bicyclic) bond motifs is 1. The summed E-state index contributed by atoms with van der Waals surface area (Å²) < 4.78 is 6.04. The molecule has 140 valence electrons. The smallest absolute Gasteiger partial charge is 0.261 e. The Balaban J connectivity index is 1.25. The standard InChI is InChI=1S/C23H31NO2/c1-15(26-21-7-6-19-4-2-3-5-20(19)11-21)22(25)24-23-12-16-8-17(13-23)10-18(9-16)14-23/h6-7,11,15-18H,2-5,8-10,12-14H2,1H3,(H,24,25)/t15-,16?,17?,18?,23?/m0/s1. The monoisotopic (exact) mass is 353 g/mol. The minimum atomic E-state index is -0.426. The first-order chi connectivity index (χ1) is 12.6. The molecule has 5 aliphatic rings. The summed E-state index contributed by atoms with van der Waals surface area (Å²) in [6.45, 7) is 1.90. The van der Waals surface area contributed by atoms with Gasteiger partial charge in [-0.05, 0) is 112 Å². The molecular weight excluding hydrogens is 322 g/mol. The van der Waals surface area contributed by atoms with Crippen molar-refractivity contribution in [1.29, 1.82) is 0 Å². The minimum Gasteiger partial charge on any atom is -0.481 e. The molecule has 1 aromatic rings. The summed E-state index contributed by atoms with van der Waals surface area (Å²) in [7, 11) is 0.